The van der Waals surface area contributed by atoms with Crippen LogP contribution >= 0.6 is 0 Å². The Morgan fingerprint density at radius 3 is 2.00 bits per heavy atom. The highest BCUT2D eigenvalue weighted by molar-refractivity contribution is 5.77. The van der Waals surface area contributed by atoms with Gasteiger partial charge in [0.25, 0.3) is 0 Å². The molecule has 4 rings (SSSR count). The van der Waals surface area contributed by atoms with Crippen molar-refractivity contribution in [2.75, 3.05) is 14.2 Å². The van der Waals surface area contributed by atoms with E-state index in [1.54, 1.807) is 4.90 Å². The van der Waals surface area contributed by atoms with E-state index in [2.05, 4.69) is 0 Å². The van der Waals surface area contributed by atoms with Gasteiger partial charge in [-0.25, -0.2) is 4.79 Å². The van der Waals surface area contributed by atoms with Crippen LogP contribution in [0.3, 0.4) is 0 Å². The molecule has 164 valence electrons. The highest BCUT2D eigenvalue weighted by Crippen LogP contribution is 2.48. The highest BCUT2D eigenvalue weighted by Gasteiger charge is 2.52. The number of esters is 2. The molecule has 4 aliphatic rings. The summed E-state index contributed by atoms with van der Waals surface area (Å²) in [7, 11) is 2.89. The van der Waals surface area contributed by atoms with Gasteiger partial charge in [-0.3, -0.25) is 9.59 Å². The molecule has 2 aliphatic heterocycles. The van der Waals surface area contributed by atoms with Gasteiger partial charge in [-0.05, 0) is 71.1 Å². The van der Waals surface area contributed by atoms with E-state index in [1.165, 1.54) is 33.5 Å². The highest BCUT2D eigenvalue weighted by atomic mass is 16.6. The monoisotopic (exact) mass is 409 g/mol. The molecule has 0 N–H and O–H groups in total. The van der Waals surface area contributed by atoms with Gasteiger partial charge in [-0.2, -0.15) is 0 Å². The van der Waals surface area contributed by atoms with Crippen molar-refractivity contribution in [2.24, 2.45) is 23.7 Å². The molecule has 2 heterocycles. The molecule has 0 aromatic carbocycles. The van der Waals surface area contributed by atoms with Gasteiger partial charge in [0.05, 0.1) is 26.1 Å². The van der Waals surface area contributed by atoms with Crippen molar-refractivity contribution >= 4 is 18.0 Å². The SMILES string of the molecule is COC(=O)C1CC2CCC1C2.COC(=O)C1CC2CCC1N2C(=O)OC(C)(C)C. The molecule has 2 saturated carbocycles. The average molecular weight is 410 g/mol. The Morgan fingerprint density at radius 2 is 1.48 bits per heavy atom. The first-order valence-corrected chi connectivity index (χ1v) is 10.8. The lowest BCUT2D eigenvalue weighted by atomic mass is 9.89. The summed E-state index contributed by atoms with van der Waals surface area (Å²) in [6.45, 7) is 5.54. The Morgan fingerprint density at radius 1 is 0.828 bits per heavy atom. The molecule has 4 fully saturated rings. The van der Waals surface area contributed by atoms with Crippen LogP contribution in [0.5, 0.6) is 0 Å². The zero-order valence-corrected chi connectivity index (χ0v) is 18.3. The molecule has 6 atom stereocenters. The van der Waals surface area contributed by atoms with Crippen molar-refractivity contribution in [2.45, 2.75) is 83.4 Å². The minimum Gasteiger partial charge on any atom is -0.469 e. The molecule has 7 heteroatoms. The summed E-state index contributed by atoms with van der Waals surface area (Å²) in [5.41, 5.74) is -0.500. The lowest BCUT2D eigenvalue weighted by Gasteiger charge is -2.27. The molecule has 0 radical (unpaired) electrons. The van der Waals surface area contributed by atoms with Crippen LogP contribution in [-0.2, 0) is 23.8 Å². The summed E-state index contributed by atoms with van der Waals surface area (Å²) >= 11 is 0. The average Bonchev–Trinajstić information content (AvgIpc) is 3.45. The maximum Gasteiger partial charge on any atom is 0.410 e. The lowest BCUT2D eigenvalue weighted by molar-refractivity contribution is -0.147. The van der Waals surface area contributed by atoms with E-state index in [4.69, 9.17) is 14.2 Å². The first-order chi connectivity index (χ1) is 13.6. The number of carbonyl (C=O) groups excluding carboxylic acids is 3. The first kappa shape index (κ1) is 21.9. The number of fused-ring (bicyclic) bond motifs is 4. The third-order valence-electron chi connectivity index (χ3n) is 6.89. The van der Waals surface area contributed by atoms with Gasteiger partial charge in [0.1, 0.15) is 5.60 Å². The fourth-order valence-corrected chi connectivity index (χ4v) is 5.68. The van der Waals surface area contributed by atoms with E-state index < -0.39 is 5.60 Å². The molecule has 2 aliphatic carbocycles. The summed E-state index contributed by atoms with van der Waals surface area (Å²) < 4.78 is 14.9. The second-order valence-electron chi connectivity index (χ2n) is 9.86. The van der Waals surface area contributed by atoms with Gasteiger partial charge in [0.15, 0.2) is 0 Å². The van der Waals surface area contributed by atoms with Crippen molar-refractivity contribution in [1.29, 1.82) is 0 Å². The summed E-state index contributed by atoms with van der Waals surface area (Å²) in [5.74, 6) is 1.38. The minimum atomic E-state index is -0.500. The van der Waals surface area contributed by atoms with Crippen LogP contribution in [0.4, 0.5) is 4.79 Å². The van der Waals surface area contributed by atoms with Gasteiger partial charge >= 0.3 is 18.0 Å². The van der Waals surface area contributed by atoms with Crippen LogP contribution < -0.4 is 0 Å². The number of carbonyl (C=O) groups is 3. The van der Waals surface area contributed by atoms with Gasteiger partial charge in [-0.15, -0.1) is 0 Å². The third kappa shape index (κ3) is 4.69. The Kier molecular flexibility index (Phi) is 6.44. The van der Waals surface area contributed by atoms with Gasteiger partial charge in [0, 0.05) is 12.1 Å². The van der Waals surface area contributed by atoms with Gasteiger partial charge < -0.3 is 19.1 Å². The molecule has 0 aromatic rings. The molecule has 29 heavy (non-hydrogen) atoms. The van der Waals surface area contributed by atoms with Crippen molar-refractivity contribution in [3.05, 3.63) is 0 Å². The number of rotatable bonds is 2. The van der Waals surface area contributed by atoms with Crippen molar-refractivity contribution in [1.82, 2.24) is 4.90 Å². The van der Waals surface area contributed by atoms with Crippen LogP contribution in [0, 0.1) is 23.7 Å². The molecule has 1 amide bonds. The summed E-state index contributed by atoms with van der Waals surface area (Å²) in [6.07, 6.45) is 7.19. The molecule has 4 bridgehead atoms. The summed E-state index contributed by atoms with van der Waals surface area (Å²) in [4.78, 5) is 36.7. The smallest absolute Gasteiger partial charge is 0.410 e. The second-order valence-corrected chi connectivity index (χ2v) is 9.86. The number of hydrogen-bond acceptors (Lipinski definition) is 6. The fraction of sp³-hybridized carbons (Fsp3) is 0.864. The number of amides is 1. The zero-order chi connectivity index (χ0) is 21.3. The maximum absolute atomic E-state index is 12.1. The van der Waals surface area contributed by atoms with Crippen LogP contribution in [0.15, 0.2) is 0 Å². The molecular weight excluding hydrogens is 374 g/mol. The predicted octanol–water partition coefficient (Wildman–Crippen LogP) is 3.54. The fourth-order valence-electron chi connectivity index (χ4n) is 5.68. The van der Waals surface area contributed by atoms with Gasteiger partial charge in [0.2, 0.25) is 0 Å². The molecule has 2 saturated heterocycles. The first-order valence-electron chi connectivity index (χ1n) is 10.8. The van der Waals surface area contributed by atoms with Crippen LogP contribution in [0.25, 0.3) is 0 Å². The van der Waals surface area contributed by atoms with Crippen LogP contribution in [0.1, 0.15) is 65.7 Å². The Bertz CT molecular complexity index is 642. The van der Waals surface area contributed by atoms with Crippen LogP contribution in [-0.4, -0.2) is 54.8 Å². The molecule has 0 spiro atoms. The largest absolute Gasteiger partial charge is 0.469 e. The maximum atomic E-state index is 12.1. The van der Waals surface area contributed by atoms with E-state index in [-0.39, 0.29) is 42.0 Å². The van der Waals surface area contributed by atoms with E-state index in [9.17, 15) is 14.4 Å². The van der Waals surface area contributed by atoms with Crippen LogP contribution in [0.2, 0.25) is 0 Å². The topological polar surface area (TPSA) is 82.1 Å². The number of hydrogen-bond donors (Lipinski definition) is 0. The summed E-state index contributed by atoms with van der Waals surface area (Å²) in [6, 6.07) is 0.0891. The Labute approximate surface area is 173 Å². The minimum absolute atomic E-state index is 0.0252. The second kappa shape index (κ2) is 8.52. The molecule has 6 unspecified atom stereocenters. The van der Waals surface area contributed by atoms with E-state index in [1.807, 2.05) is 20.8 Å². The number of nitrogens with zero attached hydrogens (tertiary/aromatic N) is 1. The molecular formula is C22H35NO6. The molecule has 0 aromatic heterocycles. The Balaban J connectivity index is 0.000000186. The van der Waals surface area contributed by atoms with E-state index in [0.717, 1.165) is 25.2 Å². The lowest BCUT2D eigenvalue weighted by Crippen LogP contribution is -2.41. The quantitative estimate of drug-likeness (QED) is 0.512. The number of ether oxygens (including phenoxy) is 3. The molecule has 7 nitrogen and oxygen atoms in total. The number of methoxy groups -OCH3 is 2. The van der Waals surface area contributed by atoms with E-state index >= 15 is 0 Å². The van der Waals surface area contributed by atoms with Gasteiger partial charge in [-0.1, -0.05) is 6.42 Å². The van der Waals surface area contributed by atoms with E-state index in [0.29, 0.717) is 12.3 Å². The van der Waals surface area contributed by atoms with Crippen molar-refractivity contribution < 1.29 is 28.6 Å². The summed E-state index contributed by atoms with van der Waals surface area (Å²) in [5, 5.41) is 0. The third-order valence-corrected chi connectivity index (χ3v) is 6.89. The predicted molar refractivity (Wildman–Crippen MR) is 106 cm³/mol. The standard InChI is InChI=1S/C13H21NO4.C9H14O2/c1-13(2,3)18-12(16)14-8-5-6-10(14)9(7-8)11(15)17-4;1-11-9(10)8-5-6-2-3-7(8)4-6/h8-10H,5-7H2,1-4H3;6-8H,2-5H2,1H3. The van der Waals surface area contributed by atoms with Crippen molar-refractivity contribution in [3.8, 4) is 0 Å². The Hall–Kier alpha value is -1.79. The zero-order valence-electron chi connectivity index (χ0n) is 18.3. The normalized spacial score (nSPS) is 34.4. The van der Waals surface area contributed by atoms with Crippen molar-refractivity contribution in [3.63, 3.8) is 0 Å².